The molecule has 1 N–H and O–H groups in total. The average molecular weight is 312 g/mol. The third-order valence-electron chi connectivity index (χ3n) is 2.92. The maximum absolute atomic E-state index is 9.94. The van der Waals surface area contributed by atoms with Crippen LogP contribution in [0.1, 0.15) is 19.3 Å². The van der Waals surface area contributed by atoms with Gasteiger partial charge in [0.15, 0.2) is 0 Å². The zero-order valence-electron chi connectivity index (χ0n) is 11.5. The van der Waals surface area contributed by atoms with Crippen molar-refractivity contribution < 1.29 is 9.92 Å². The molecule has 2 rings (SSSR count). The molecule has 0 spiro atoms. The second kappa shape index (κ2) is 8.97. The lowest BCUT2D eigenvalue weighted by molar-refractivity contribution is -0.757. The number of nitrogens with zero attached hydrogens (tertiary/aromatic N) is 2. The highest BCUT2D eigenvalue weighted by Gasteiger charge is 1.98. The quantitative estimate of drug-likeness (QED) is 0.459. The zero-order valence-corrected chi connectivity index (χ0v) is 12.3. The first-order chi connectivity index (χ1) is 9.75. The maximum Gasteiger partial charge on any atom is 0.294 e. The van der Waals surface area contributed by atoms with E-state index in [4.69, 9.17) is 0 Å². The number of pyridine rings is 1. The molecule has 0 bridgehead atoms. The van der Waals surface area contributed by atoms with E-state index in [2.05, 4.69) is 15.1 Å². The van der Waals surface area contributed by atoms with Crippen molar-refractivity contribution in [3.63, 3.8) is 0 Å². The molecule has 0 saturated heterocycles. The molecule has 7 heteroatoms. The molecule has 114 valence electrons. The monoisotopic (exact) mass is 311 g/mol. The summed E-state index contributed by atoms with van der Waals surface area (Å²) < 4.78 is 0. The predicted molar refractivity (Wildman–Crippen MR) is 84.3 cm³/mol. The van der Waals surface area contributed by atoms with Crippen LogP contribution in [0.3, 0.4) is 0 Å². The third kappa shape index (κ3) is 5.83. The Hall–Kier alpha value is -2.08. The summed E-state index contributed by atoms with van der Waals surface area (Å²) in [5, 5.41) is 13.6. The molecule has 0 aliphatic heterocycles. The first kappa shape index (κ1) is 17.0. The van der Waals surface area contributed by atoms with Crippen molar-refractivity contribution >= 4 is 29.1 Å². The van der Waals surface area contributed by atoms with Gasteiger partial charge in [-0.1, -0.05) is 18.2 Å². The van der Waals surface area contributed by atoms with E-state index in [9.17, 15) is 10.1 Å². The summed E-state index contributed by atoms with van der Waals surface area (Å²) in [6, 6.07) is 12.0. The second-order valence-corrected chi connectivity index (χ2v) is 4.43. The van der Waals surface area contributed by atoms with Crippen molar-refractivity contribution in [3.8, 4) is 0 Å². The molecule has 0 amide bonds. The number of hydrogen-bond acceptors (Lipinski definition) is 5. The third-order valence-corrected chi connectivity index (χ3v) is 2.92. The fraction of sp³-hybridized carbons (Fsp3) is 0.357. The van der Waals surface area contributed by atoms with Crippen molar-refractivity contribution in [3.05, 3.63) is 46.5 Å². The molecule has 21 heavy (non-hydrogen) atoms. The van der Waals surface area contributed by atoms with Gasteiger partial charge < -0.3 is 10.2 Å². The standard InChI is InChI=1S/C14H17N3O3.ClH/c18-17(19)20-11-5-1-4-10-15-14-9-8-12-6-2-3-7-13(12)16-14;/h2-3,6-9H,1,4-5,10-11H2,(H,15,16);1H. The Kier molecular flexibility index (Phi) is 7.25. The van der Waals surface area contributed by atoms with Crippen LogP contribution in [0.15, 0.2) is 36.4 Å². The van der Waals surface area contributed by atoms with E-state index < -0.39 is 5.09 Å². The van der Waals surface area contributed by atoms with Gasteiger partial charge in [0.1, 0.15) is 5.82 Å². The molecule has 1 aromatic heterocycles. The van der Waals surface area contributed by atoms with E-state index in [1.165, 1.54) is 0 Å². The highest BCUT2D eigenvalue weighted by molar-refractivity contribution is 5.85. The molecule has 1 aromatic carbocycles. The number of nitrogens with one attached hydrogen (secondary N) is 1. The van der Waals surface area contributed by atoms with Crippen LogP contribution in [0.4, 0.5) is 5.82 Å². The molecular weight excluding hydrogens is 294 g/mol. The summed E-state index contributed by atoms with van der Waals surface area (Å²) in [5.41, 5.74) is 0.969. The largest absolute Gasteiger partial charge is 0.370 e. The smallest absolute Gasteiger partial charge is 0.294 e. The normalized spacial score (nSPS) is 9.90. The van der Waals surface area contributed by atoms with Crippen LogP contribution < -0.4 is 5.32 Å². The summed E-state index contributed by atoms with van der Waals surface area (Å²) in [5.74, 6) is 0.852. The summed E-state index contributed by atoms with van der Waals surface area (Å²) in [7, 11) is 0. The minimum atomic E-state index is -0.753. The van der Waals surface area contributed by atoms with E-state index in [1.807, 2.05) is 36.4 Å². The van der Waals surface area contributed by atoms with Gasteiger partial charge in [-0.15, -0.1) is 22.5 Å². The first-order valence-corrected chi connectivity index (χ1v) is 6.63. The van der Waals surface area contributed by atoms with Crippen molar-refractivity contribution in [2.75, 3.05) is 18.5 Å². The van der Waals surface area contributed by atoms with Gasteiger partial charge in [0.25, 0.3) is 5.09 Å². The van der Waals surface area contributed by atoms with Crippen molar-refractivity contribution in [2.45, 2.75) is 19.3 Å². The SMILES string of the molecule is Cl.O=[N+]([O-])OCCCCCNc1ccc2ccccc2n1. The number of rotatable bonds is 8. The lowest BCUT2D eigenvalue weighted by Gasteiger charge is -2.06. The Balaban J connectivity index is 0.00000220. The van der Waals surface area contributed by atoms with Gasteiger partial charge in [0.2, 0.25) is 0 Å². The lowest BCUT2D eigenvalue weighted by atomic mass is 10.2. The molecule has 0 aliphatic carbocycles. The summed E-state index contributed by atoms with van der Waals surface area (Å²) in [6.45, 7) is 0.963. The van der Waals surface area contributed by atoms with Gasteiger partial charge in [-0.25, -0.2) is 4.98 Å². The number of benzene rings is 1. The van der Waals surface area contributed by atoms with Gasteiger partial charge in [-0.2, -0.15) is 0 Å². The summed E-state index contributed by atoms with van der Waals surface area (Å²) in [4.78, 5) is 18.7. The molecule has 2 aromatic rings. The predicted octanol–water partition coefficient (Wildman–Crippen LogP) is 3.45. The van der Waals surface area contributed by atoms with Crippen molar-refractivity contribution in [1.29, 1.82) is 0 Å². The van der Waals surface area contributed by atoms with Crippen LogP contribution in [-0.2, 0) is 4.84 Å². The summed E-state index contributed by atoms with van der Waals surface area (Å²) in [6.07, 6.45) is 2.50. The van der Waals surface area contributed by atoms with Gasteiger partial charge in [-0.05, 0) is 37.5 Å². The maximum atomic E-state index is 9.94. The van der Waals surface area contributed by atoms with Gasteiger partial charge >= 0.3 is 0 Å². The van der Waals surface area contributed by atoms with Gasteiger partial charge in [0.05, 0.1) is 12.1 Å². The Labute approximate surface area is 129 Å². The fourth-order valence-corrected chi connectivity index (χ4v) is 1.92. The van der Waals surface area contributed by atoms with Crippen molar-refractivity contribution in [1.82, 2.24) is 4.98 Å². The van der Waals surface area contributed by atoms with Crippen LogP contribution in [0.2, 0.25) is 0 Å². The highest BCUT2D eigenvalue weighted by atomic mass is 35.5. The van der Waals surface area contributed by atoms with Gasteiger partial charge in [0, 0.05) is 11.9 Å². The molecule has 0 radical (unpaired) electrons. The molecule has 0 saturated carbocycles. The topological polar surface area (TPSA) is 77.3 Å². The van der Waals surface area contributed by atoms with Crippen LogP contribution >= 0.6 is 12.4 Å². The number of halogens is 1. The Morgan fingerprint density at radius 3 is 2.76 bits per heavy atom. The van der Waals surface area contributed by atoms with E-state index in [0.717, 1.165) is 36.1 Å². The molecule has 1 heterocycles. The number of hydrogen-bond donors (Lipinski definition) is 1. The number of aromatic nitrogens is 1. The number of fused-ring (bicyclic) bond motifs is 1. The molecule has 0 aliphatic rings. The number of anilines is 1. The molecule has 6 nitrogen and oxygen atoms in total. The molecular formula is C14H18ClN3O3. The minimum Gasteiger partial charge on any atom is -0.370 e. The Morgan fingerprint density at radius 2 is 1.95 bits per heavy atom. The van der Waals surface area contributed by atoms with Crippen LogP contribution in [0.25, 0.3) is 10.9 Å². The first-order valence-electron chi connectivity index (χ1n) is 6.63. The highest BCUT2D eigenvalue weighted by Crippen LogP contribution is 2.14. The van der Waals surface area contributed by atoms with E-state index in [0.29, 0.717) is 6.42 Å². The molecule has 0 fully saturated rings. The molecule has 0 atom stereocenters. The van der Waals surface area contributed by atoms with Crippen molar-refractivity contribution in [2.24, 2.45) is 0 Å². The molecule has 0 unspecified atom stereocenters. The second-order valence-electron chi connectivity index (χ2n) is 4.43. The lowest BCUT2D eigenvalue weighted by Crippen LogP contribution is -2.05. The number of unbranched alkanes of at least 4 members (excludes halogenated alkanes) is 2. The van der Waals surface area contributed by atoms with Crippen LogP contribution in [-0.4, -0.2) is 23.2 Å². The Morgan fingerprint density at radius 1 is 1.14 bits per heavy atom. The minimum absolute atomic E-state index is 0. The summed E-state index contributed by atoms with van der Waals surface area (Å²) >= 11 is 0. The van der Waals surface area contributed by atoms with E-state index in [1.54, 1.807) is 0 Å². The average Bonchev–Trinajstić information content (AvgIpc) is 2.46. The Bertz CT molecular complexity index is 580. The van der Waals surface area contributed by atoms with E-state index >= 15 is 0 Å². The van der Waals surface area contributed by atoms with Gasteiger partial charge in [-0.3, -0.25) is 0 Å². The van der Waals surface area contributed by atoms with E-state index in [-0.39, 0.29) is 19.0 Å². The van der Waals surface area contributed by atoms with Crippen LogP contribution in [0, 0.1) is 10.1 Å². The fourth-order valence-electron chi connectivity index (χ4n) is 1.92. The number of para-hydroxylation sites is 1. The zero-order chi connectivity index (χ0) is 14.2. The van der Waals surface area contributed by atoms with Crippen LogP contribution in [0.5, 0.6) is 0 Å².